The summed E-state index contributed by atoms with van der Waals surface area (Å²) in [5.41, 5.74) is 1.80. The molecule has 1 unspecified atom stereocenters. The van der Waals surface area contributed by atoms with Gasteiger partial charge in [0.2, 0.25) is 0 Å². The van der Waals surface area contributed by atoms with Crippen LogP contribution in [0.5, 0.6) is 0 Å². The molecule has 1 fully saturated rings. The molecule has 0 aromatic carbocycles. The SMILES string of the molecule is NNC(CCC1CC1)C(F)(F)F. The van der Waals surface area contributed by atoms with Crippen LogP contribution in [0.3, 0.4) is 0 Å². The normalized spacial score (nSPS) is 21.0. The van der Waals surface area contributed by atoms with Crippen molar-refractivity contribution >= 4 is 0 Å². The minimum atomic E-state index is -4.20. The number of nitrogens with one attached hydrogen (secondary N) is 1. The van der Waals surface area contributed by atoms with Gasteiger partial charge in [-0.15, -0.1) is 0 Å². The zero-order valence-corrected chi connectivity index (χ0v) is 6.69. The highest BCUT2D eigenvalue weighted by atomic mass is 19.4. The van der Waals surface area contributed by atoms with Crippen LogP contribution in [0.1, 0.15) is 25.7 Å². The van der Waals surface area contributed by atoms with Gasteiger partial charge < -0.3 is 0 Å². The molecular formula is C7H13F3N2. The molecule has 0 radical (unpaired) electrons. The van der Waals surface area contributed by atoms with E-state index in [4.69, 9.17) is 5.84 Å². The van der Waals surface area contributed by atoms with Crippen molar-refractivity contribution in [3.05, 3.63) is 0 Å². The van der Waals surface area contributed by atoms with E-state index < -0.39 is 12.2 Å². The molecule has 72 valence electrons. The standard InChI is InChI=1S/C7H13F3N2/c8-7(9,10)6(12-11)4-3-5-1-2-5/h5-6,12H,1-4,11H2. The number of hydrogen-bond acceptors (Lipinski definition) is 2. The van der Waals surface area contributed by atoms with Crippen LogP contribution in [0, 0.1) is 5.92 Å². The molecule has 1 rings (SSSR count). The van der Waals surface area contributed by atoms with Crippen LogP contribution in [0.15, 0.2) is 0 Å². The van der Waals surface area contributed by atoms with E-state index in [-0.39, 0.29) is 6.42 Å². The Balaban J connectivity index is 2.23. The molecule has 0 aliphatic heterocycles. The number of rotatable bonds is 4. The fraction of sp³-hybridized carbons (Fsp3) is 1.00. The van der Waals surface area contributed by atoms with Crippen LogP contribution in [0.4, 0.5) is 13.2 Å². The fourth-order valence-electron chi connectivity index (χ4n) is 1.15. The third-order valence-corrected chi connectivity index (χ3v) is 2.16. The predicted molar refractivity (Wildman–Crippen MR) is 39.1 cm³/mol. The first-order valence-electron chi connectivity index (χ1n) is 4.07. The lowest BCUT2D eigenvalue weighted by atomic mass is 10.1. The molecule has 0 bridgehead atoms. The van der Waals surface area contributed by atoms with Crippen molar-refractivity contribution in [2.75, 3.05) is 0 Å². The lowest BCUT2D eigenvalue weighted by molar-refractivity contribution is -0.157. The Morgan fingerprint density at radius 3 is 2.33 bits per heavy atom. The lowest BCUT2D eigenvalue weighted by Gasteiger charge is -2.18. The summed E-state index contributed by atoms with van der Waals surface area (Å²) >= 11 is 0. The molecule has 1 atom stereocenters. The molecule has 0 aromatic heterocycles. The van der Waals surface area contributed by atoms with Gasteiger partial charge in [-0.3, -0.25) is 5.84 Å². The van der Waals surface area contributed by atoms with Gasteiger partial charge >= 0.3 is 6.18 Å². The Morgan fingerprint density at radius 2 is 2.00 bits per heavy atom. The maximum Gasteiger partial charge on any atom is 0.405 e. The number of hydrogen-bond donors (Lipinski definition) is 2. The van der Waals surface area contributed by atoms with E-state index in [0.717, 1.165) is 12.8 Å². The average Bonchev–Trinajstić information content (AvgIpc) is 2.69. The highest BCUT2D eigenvalue weighted by molar-refractivity contribution is 4.79. The maximum atomic E-state index is 12.0. The minimum absolute atomic E-state index is 0.102. The minimum Gasteiger partial charge on any atom is -0.271 e. The second kappa shape index (κ2) is 3.62. The third-order valence-electron chi connectivity index (χ3n) is 2.16. The Labute approximate surface area is 69.3 Å². The number of nitrogens with two attached hydrogens (primary N) is 1. The predicted octanol–water partition coefficient (Wildman–Crippen LogP) is 1.57. The first-order valence-corrected chi connectivity index (χ1v) is 4.07. The molecule has 2 nitrogen and oxygen atoms in total. The summed E-state index contributed by atoms with van der Waals surface area (Å²) in [5.74, 6) is 5.31. The molecule has 0 saturated heterocycles. The van der Waals surface area contributed by atoms with E-state index >= 15 is 0 Å². The van der Waals surface area contributed by atoms with Crippen molar-refractivity contribution in [1.29, 1.82) is 0 Å². The van der Waals surface area contributed by atoms with Gasteiger partial charge in [0, 0.05) is 0 Å². The molecule has 0 aromatic rings. The molecule has 1 aliphatic rings. The second-order valence-electron chi connectivity index (χ2n) is 3.28. The van der Waals surface area contributed by atoms with Crippen LogP contribution in [-0.2, 0) is 0 Å². The first kappa shape index (κ1) is 9.80. The van der Waals surface area contributed by atoms with Crippen molar-refractivity contribution in [2.45, 2.75) is 37.9 Å². The van der Waals surface area contributed by atoms with Gasteiger partial charge in [-0.05, 0) is 18.8 Å². The Hall–Kier alpha value is -0.290. The van der Waals surface area contributed by atoms with Crippen LogP contribution in [0.2, 0.25) is 0 Å². The van der Waals surface area contributed by atoms with Gasteiger partial charge in [0.25, 0.3) is 0 Å². The van der Waals surface area contributed by atoms with Gasteiger partial charge in [0.1, 0.15) is 6.04 Å². The zero-order valence-electron chi connectivity index (χ0n) is 6.69. The quantitative estimate of drug-likeness (QED) is 0.511. The molecular weight excluding hydrogens is 169 g/mol. The van der Waals surface area contributed by atoms with Crippen LogP contribution in [0.25, 0.3) is 0 Å². The highest BCUT2D eigenvalue weighted by Gasteiger charge is 2.39. The van der Waals surface area contributed by atoms with Gasteiger partial charge in [-0.2, -0.15) is 13.2 Å². The first-order chi connectivity index (χ1) is 5.54. The van der Waals surface area contributed by atoms with Crippen LogP contribution >= 0.6 is 0 Å². The summed E-state index contributed by atoms with van der Waals surface area (Å²) in [6, 6.07) is -1.53. The average molecular weight is 182 g/mol. The molecule has 3 N–H and O–H groups in total. The Morgan fingerprint density at radius 1 is 1.42 bits per heavy atom. The van der Waals surface area contributed by atoms with Crippen molar-refractivity contribution in [2.24, 2.45) is 11.8 Å². The van der Waals surface area contributed by atoms with E-state index in [9.17, 15) is 13.2 Å². The van der Waals surface area contributed by atoms with E-state index in [1.54, 1.807) is 5.43 Å². The topological polar surface area (TPSA) is 38.0 Å². The summed E-state index contributed by atoms with van der Waals surface area (Å²) < 4.78 is 36.1. The highest BCUT2D eigenvalue weighted by Crippen LogP contribution is 2.35. The van der Waals surface area contributed by atoms with E-state index in [1.807, 2.05) is 0 Å². The maximum absolute atomic E-state index is 12.0. The zero-order chi connectivity index (χ0) is 9.19. The molecule has 1 saturated carbocycles. The molecule has 0 heterocycles. The third kappa shape index (κ3) is 2.98. The number of hydrazine groups is 1. The van der Waals surface area contributed by atoms with Crippen molar-refractivity contribution in [3.8, 4) is 0 Å². The van der Waals surface area contributed by atoms with Crippen molar-refractivity contribution in [3.63, 3.8) is 0 Å². The summed E-state index contributed by atoms with van der Waals surface area (Å²) in [4.78, 5) is 0. The molecule has 0 spiro atoms. The van der Waals surface area contributed by atoms with E-state index in [2.05, 4.69) is 0 Å². The fourth-order valence-corrected chi connectivity index (χ4v) is 1.15. The van der Waals surface area contributed by atoms with E-state index in [0.29, 0.717) is 12.3 Å². The summed E-state index contributed by atoms with van der Waals surface area (Å²) in [6.07, 6.45) is -1.31. The molecule has 1 aliphatic carbocycles. The van der Waals surface area contributed by atoms with Crippen LogP contribution < -0.4 is 11.3 Å². The monoisotopic (exact) mass is 182 g/mol. The van der Waals surface area contributed by atoms with Crippen molar-refractivity contribution < 1.29 is 13.2 Å². The summed E-state index contributed by atoms with van der Waals surface area (Å²) in [6.45, 7) is 0. The van der Waals surface area contributed by atoms with E-state index in [1.165, 1.54) is 0 Å². The second-order valence-corrected chi connectivity index (χ2v) is 3.28. The van der Waals surface area contributed by atoms with Gasteiger partial charge in [-0.25, -0.2) is 5.43 Å². The summed E-state index contributed by atoms with van der Waals surface area (Å²) in [5, 5.41) is 0. The Kier molecular flexibility index (Phi) is 2.95. The summed E-state index contributed by atoms with van der Waals surface area (Å²) in [7, 11) is 0. The Bertz CT molecular complexity index is 142. The largest absolute Gasteiger partial charge is 0.405 e. The van der Waals surface area contributed by atoms with Gasteiger partial charge in [0.15, 0.2) is 0 Å². The molecule has 5 heteroatoms. The number of alkyl halides is 3. The van der Waals surface area contributed by atoms with Gasteiger partial charge in [-0.1, -0.05) is 12.8 Å². The molecule has 12 heavy (non-hydrogen) atoms. The number of halogens is 3. The molecule has 0 amide bonds. The van der Waals surface area contributed by atoms with Gasteiger partial charge in [0.05, 0.1) is 0 Å². The lowest BCUT2D eigenvalue weighted by Crippen LogP contribution is -2.46. The smallest absolute Gasteiger partial charge is 0.271 e. The van der Waals surface area contributed by atoms with Crippen molar-refractivity contribution in [1.82, 2.24) is 5.43 Å². The van der Waals surface area contributed by atoms with Crippen LogP contribution in [-0.4, -0.2) is 12.2 Å².